The molecule has 20 unspecified atom stereocenters. The largest absolute Gasteiger partial charge is 0.504 e. The van der Waals surface area contributed by atoms with E-state index in [0.717, 1.165) is 47.2 Å². The Morgan fingerprint density at radius 1 is 0.787 bits per heavy atom. The highest BCUT2D eigenvalue weighted by molar-refractivity contribution is 8.76. The van der Waals surface area contributed by atoms with Crippen LogP contribution in [-0.2, 0) is 30.4 Å². The minimum Gasteiger partial charge on any atom is -0.504 e. The third-order valence-electron chi connectivity index (χ3n) is 23.3. The second-order valence-corrected chi connectivity index (χ2v) is 30.5. The first kappa shape index (κ1) is 62.9. The topological polar surface area (TPSA) is 214 Å². The van der Waals surface area contributed by atoms with Crippen LogP contribution in [0.1, 0.15) is 123 Å². The van der Waals surface area contributed by atoms with Crippen LogP contribution in [0.15, 0.2) is 132 Å². The first-order chi connectivity index (χ1) is 43.5. The molecule has 476 valence electrons. The van der Waals surface area contributed by atoms with Gasteiger partial charge in [0.05, 0.1) is 37.6 Å². The lowest BCUT2D eigenvalue weighted by atomic mass is 9.45. The molecule has 1 saturated heterocycles. The van der Waals surface area contributed by atoms with Crippen LogP contribution in [0.4, 0.5) is 0 Å². The molecule has 3 heterocycles. The average Bonchev–Trinajstić information content (AvgIpc) is 0.922. The lowest BCUT2D eigenvalue weighted by molar-refractivity contribution is -0.0816. The van der Waals surface area contributed by atoms with Crippen LogP contribution in [0.25, 0.3) is 0 Å². The summed E-state index contributed by atoms with van der Waals surface area (Å²) in [6, 6.07) is 28.1. The number of aromatic amines is 1. The Balaban J connectivity index is 0.916. The maximum Gasteiger partial charge on any atom is 0.161 e. The van der Waals surface area contributed by atoms with Crippen molar-refractivity contribution in [3.8, 4) is 23.3 Å². The van der Waals surface area contributed by atoms with Crippen LogP contribution < -0.4 is 15.8 Å². The quantitative estimate of drug-likeness (QED) is 0.0385. The van der Waals surface area contributed by atoms with Gasteiger partial charge in [0, 0.05) is 83.7 Å². The summed E-state index contributed by atoms with van der Waals surface area (Å²) in [6.07, 6.45) is 19.2. The second kappa shape index (κ2) is 27.7. The van der Waals surface area contributed by atoms with Gasteiger partial charge in [-0.1, -0.05) is 138 Å². The fourth-order valence-electron chi connectivity index (χ4n) is 19.1. The molecule has 89 heavy (non-hydrogen) atoms. The molecule has 2 aliphatic heterocycles. The summed E-state index contributed by atoms with van der Waals surface area (Å²) in [4.78, 5) is 3.40. The zero-order valence-electron chi connectivity index (χ0n) is 51.8. The molecule has 0 amide bonds. The summed E-state index contributed by atoms with van der Waals surface area (Å²) in [7, 11) is 3.26. The number of hydrogen-bond donors (Lipinski definition) is 10. The molecule has 11 N–H and O–H groups in total. The van der Waals surface area contributed by atoms with Gasteiger partial charge in [0.2, 0.25) is 0 Å². The minimum absolute atomic E-state index is 0.0237. The number of fused-ring (bicyclic) bond motifs is 11. The molecule has 4 aromatic rings. The van der Waals surface area contributed by atoms with Crippen molar-refractivity contribution < 1.29 is 45.2 Å². The number of aromatic nitrogens is 1. The van der Waals surface area contributed by atoms with Gasteiger partial charge in [0.15, 0.2) is 11.5 Å². The van der Waals surface area contributed by atoms with E-state index in [2.05, 4.69) is 114 Å². The smallest absolute Gasteiger partial charge is 0.161 e. The normalized spacial score (nSPS) is 37.0. The van der Waals surface area contributed by atoms with Crippen LogP contribution in [0.5, 0.6) is 11.5 Å². The Bertz CT molecular complexity index is 3280. The highest BCUT2D eigenvalue weighted by Crippen LogP contribution is 2.63. The molecule has 3 fully saturated rings. The number of aliphatic hydroxyl groups excluding tert-OH is 6. The van der Waals surface area contributed by atoms with Crippen LogP contribution in [0, 0.1) is 88.3 Å². The molecule has 14 heteroatoms. The lowest BCUT2D eigenvalue weighted by Crippen LogP contribution is -2.55. The molecular formula is C75H95N3O9S2. The highest BCUT2D eigenvalue weighted by Gasteiger charge is 2.58. The molecule has 7 aliphatic carbocycles. The van der Waals surface area contributed by atoms with E-state index < -0.39 is 53.7 Å². The Kier molecular flexibility index (Phi) is 19.6. The van der Waals surface area contributed by atoms with Crippen molar-refractivity contribution in [3.63, 3.8) is 0 Å². The first-order valence-electron chi connectivity index (χ1n) is 33.8. The third kappa shape index (κ3) is 12.7. The number of H-pyrrole nitrogens is 1. The molecule has 9 aliphatic rings. The van der Waals surface area contributed by atoms with Crippen molar-refractivity contribution in [1.82, 2.24) is 10.3 Å². The highest BCUT2D eigenvalue weighted by atomic mass is 33.1. The summed E-state index contributed by atoms with van der Waals surface area (Å²) in [6.45, 7) is 2.39. The van der Waals surface area contributed by atoms with Crippen molar-refractivity contribution in [2.75, 3.05) is 44.5 Å². The number of nitrogens with two attached hydrogens (primary N) is 1. The zero-order valence-corrected chi connectivity index (χ0v) is 53.4. The molecule has 3 aromatic carbocycles. The van der Waals surface area contributed by atoms with Gasteiger partial charge >= 0.3 is 0 Å². The molecule has 12 nitrogen and oxygen atoms in total. The van der Waals surface area contributed by atoms with Gasteiger partial charge in [0.25, 0.3) is 0 Å². The summed E-state index contributed by atoms with van der Waals surface area (Å²) in [5.74, 6) is 10.1. The van der Waals surface area contributed by atoms with Crippen molar-refractivity contribution >= 4 is 21.6 Å². The van der Waals surface area contributed by atoms with E-state index in [4.69, 9.17) is 15.2 Å². The Labute approximate surface area is 535 Å². The number of aromatic hydroxyl groups is 1. The van der Waals surface area contributed by atoms with Crippen LogP contribution >= 0.6 is 21.6 Å². The molecule has 2 saturated carbocycles. The molecular weight excluding hydrogens is 1150 g/mol. The van der Waals surface area contributed by atoms with Gasteiger partial charge in [0.1, 0.15) is 11.9 Å². The summed E-state index contributed by atoms with van der Waals surface area (Å²) in [5, 5.41) is 87.7. The third-order valence-corrected chi connectivity index (χ3v) is 25.7. The van der Waals surface area contributed by atoms with E-state index in [-0.39, 0.29) is 85.3 Å². The maximum absolute atomic E-state index is 13.3. The fraction of sp³-hybridized carbons (Fsp3) is 0.573. The van der Waals surface area contributed by atoms with E-state index in [1.54, 1.807) is 21.6 Å². The van der Waals surface area contributed by atoms with E-state index in [0.29, 0.717) is 93.0 Å². The van der Waals surface area contributed by atoms with Gasteiger partial charge in [-0.3, -0.25) is 0 Å². The van der Waals surface area contributed by atoms with Crippen molar-refractivity contribution in [3.05, 3.63) is 165 Å². The van der Waals surface area contributed by atoms with E-state index in [9.17, 15) is 35.7 Å². The molecule has 1 spiro atoms. The number of hydrogen-bond acceptors (Lipinski definition) is 13. The van der Waals surface area contributed by atoms with E-state index in [1.165, 1.54) is 47.9 Å². The van der Waals surface area contributed by atoms with Gasteiger partial charge in [-0.15, -0.1) is 0 Å². The van der Waals surface area contributed by atoms with Gasteiger partial charge in [-0.05, 0) is 194 Å². The SMILES string of the molecule is CCC1Cc2cc(O)c(OC3CC(Cc4ccc[nH]4)C4=CCNC(N)=C4CSSCC(CO)C3O)cc2C2CC(O)C3C(C#CC4(CC(O)CCC3OCCO)CC(c3ccccc3)C3Cc5ccccc5CC5C(C=CC6CCCCC65)C3C4CO)C=C12. The number of rotatable bonds is 11. The van der Waals surface area contributed by atoms with Gasteiger partial charge in [-0.2, -0.15) is 0 Å². The Morgan fingerprint density at radius 2 is 1.60 bits per heavy atom. The summed E-state index contributed by atoms with van der Waals surface area (Å²) < 4.78 is 13.7. The molecule has 13 rings (SSSR count). The zero-order chi connectivity index (χ0) is 61.3. The Hall–Kier alpha value is -4.92. The van der Waals surface area contributed by atoms with Gasteiger partial charge in [-0.25, -0.2) is 0 Å². The average molecular weight is 1250 g/mol. The van der Waals surface area contributed by atoms with Crippen LogP contribution in [0.2, 0.25) is 0 Å². The van der Waals surface area contributed by atoms with Crippen molar-refractivity contribution in [1.29, 1.82) is 0 Å². The predicted molar refractivity (Wildman–Crippen MR) is 354 cm³/mol. The molecule has 1 aromatic heterocycles. The summed E-state index contributed by atoms with van der Waals surface area (Å²) in [5.41, 5.74) is 16.4. The number of allylic oxidation sites excluding steroid dienone is 5. The number of phenols is 1. The molecule has 20 atom stereocenters. The molecule has 0 bridgehead atoms. The first-order valence-corrected chi connectivity index (χ1v) is 36.3. The second-order valence-electron chi connectivity index (χ2n) is 28.0. The van der Waals surface area contributed by atoms with E-state index >= 15 is 0 Å². The standard InChI is InChI=1S/C75H95N3O9S2/c1-2-44-29-50-34-66(83)69(87-70-35-51(30-53-16-10-25-77-53)56-23-26-78-74(76)64(56)43-89-88-42-52(40-80)73(70)85)37-59(50)61-36-67(84)71-49(33-58(44)61)22-24-75(38-54(82)19-21-68(71)86-28-27-79)39-63(45-11-4-3-5-12-45)62-32-48-15-7-6-14-47(48)31-60-55-17-9-8-13-46(55)18-20-57(60)72(62)65(75)41-81/h3-7,10-12,14-16,18,20,23,25,33-34,37,44,46,49,51-52,54-55,57,60-63,65,67-68,70-73,77-85H,2,8-9,13,17,19,21,26-32,35-36,38-43,76H2,1H3. The number of nitrogens with one attached hydrogen (secondary N) is 2. The monoisotopic (exact) mass is 1250 g/mol. The fourth-order valence-corrected chi connectivity index (χ4v) is 21.6. The van der Waals surface area contributed by atoms with Crippen molar-refractivity contribution in [2.45, 2.75) is 146 Å². The lowest BCUT2D eigenvalue weighted by Gasteiger charge is -2.58. The number of aliphatic hydroxyl groups is 6. The van der Waals surface area contributed by atoms with Crippen LogP contribution in [-0.4, -0.2) is 116 Å². The minimum atomic E-state index is -1.09. The number of dihydropyridines is 1. The Morgan fingerprint density at radius 3 is 2.37 bits per heavy atom. The number of phenolic OH excluding ortho intramolecular Hbond substituents is 1. The number of benzene rings is 3. The number of ether oxygens (including phenoxy) is 2. The van der Waals surface area contributed by atoms with Crippen molar-refractivity contribution in [2.24, 2.45) is 82.2 Å². The molecule has 0 radical (unpaired) electrons. The maximum atomic E-state index is 13.3. The predicted octanol–water partition coefficient (Wildman–Crippen LogP) is 10.7. The van der Waals surface area contributed by atoms with E-state index in [1.807, 2.05) is 24.4 Å². The summed E-state index contributed by atoms with van der Waals surface area (Å²) >= 11 is 0. The van der Waals surface area contributed by atoms with Crippen LogP contribution in [0.3, 0.4) is 0 Å². The van der Waals surface area contributed by atoms with Gasteiger partial charge < -0.3 is 61.3 Å².